The van der Waals surface area contributed by atoms with E-state index in [4.69, 9.17) is 0 Å². The Morgan fingerprint density at radius 1 is 1.27 bits per heavy atom. The second-order valence-corrected chi connectivity index (χ2v) is 5.56. The Labute approximate surface area is 128 Å². The minimum Gasteiger partial charge on any atom is -0.351 e. The van der Waals surface area contributed by atoms with E-state index >= 15 is 0 Å². The first kappa shape index (κ1) is 13.0. The Hall–Kier alpha value is -2.69. The molecule has 1 N–H and O–H groups in total. The van der Waals surface area contributed by atoms with E-state index in [1.807, 2.05) is 35.2 Å². The predicted octanol–water partition coefficient (Wildman–Crippen LogP) is 2.94. The third kappa shape index (κ3) is 2.15. The molecule has 0 saturated carbocycles. The topological polar surface area (TPSA) is 61.9 Å². The van der Waals surface area contributed by atoms with Crippen molar-refractivity contribution < 1.29 is 4.79 Å². The van der Waals surface area contributed by atoms with Gasteiger partial charge < -0.3 is 9.88 Å². The van der Waals surface area contributed by atoms with Crippen LogP contribution in [0.15, 0.2) is 48.9 Å². The highest BCUT2D eigenvalue weighted by atomic mass is 16.2. The fourth-order valence-corrected chi connectivity index (χ4v) is 3.14. The molecule has 22 heavy (non-hydrogen) atoms. The Morgan fingerprint density at radius 2 is 2.18 bits per heavy atom. The van der Waals surface area contributed by atoms with Crippen LogP contribution < -0.4 is 0 Å². The summed E-state index contributed by atoms with van der Waals surface area (Å²) in [5, 5.41) is 1.06. The van der Waals surface area contributed by atoms with Crippen LogP contribution in [0, 0.1) is 0 Å². The van der Waals surface area contributed by atoms with Crippen molar-refractivity contribution in [3.8, 4) is 0 Å². The lowest BCUT2D eigenvalue weighted by Gasteiger charge is -2.23. The van der Waals surface area contributed by atoms with Gasteiger partial charge in [-0.2, -0.15) is 0 Å². The second-order valence-electron chi connectivity index (χ2n) is 5.56. The summed E-state index contributed by atoms with van der Waals surface area (Å²) in [6.45, 7) is 0.759. The summed E-state index contributed by atoms with van der Waals surface area (Å²) in [7, 11) is 0. The quantitative estimate of drug-likeness (QED) is 0.790. The zero-order valence-corrected chi connectivity index (χ0v) is 12.1. The zero-order valence-electron chi connectivity index (χ0n) is 12.1. The fourth-order valence-electron chi connectivity index (χ4n) is 3.14. The molecule has 1 aromatic carbocycles. The molecule has 0 unspecified atom stereocenters. The second kappa shape index (κ2) is 5.26. The highest BCUT2D eigenvalue weighted by molar-refractivity contribution is 5.98. The Morgan fingerprint density at radius 3 is 3.00 bits per heavy atom. The van der Waals surface area contributed by atoms with Gasteiger partial charge in [-0.1, -0.05) is 18.2 Å². The molecule has 5 heteroatoms. The smallest absolute Gasteiger partial charge is 0.270 e. The van der Waals surface area contributed by atoms with Crippen LogP contribution in [0.4, 0.5) is 0 Å². The van der Waals surface area contributed by atoms with Crippen LogP contribution in [0.3, 0.4) is 0 Å². The first-order chi connectivity index (χ1) is 10.8. The van der Waals surface area contributed by atoms with Crippen molar-refractivity contribution in [1.29, 1.82) is 0 Å². The van der Waals surface area contributed by atoms with E-state index in [1.54, 1.807) is 18.6 Å². The average molecular weight is 292 g/mol. The van der Waals surface area contributed by atoms with Crippen LogP contribution in [0.5, 0.6) is 0 Å². The number of hydrogen-bond donors (Lipinski definition) is 1. The normalized spacial score (nSPS) is 18.0. The number of amides is 1. The van der Waals surface area contributed by atoms with Gasteiger partial charge >= 0.3 is 0 Å². The molecule has 1 aliphatic rings. The van der Waals surface area contributed by atoms with Gasteiger partial charge in [0, 0.05) is 29.8 Å². The van der Waals surface area contributed by atoms with E-state index in [9.17, 15) is 4.79 Å². The van der Waals surface area contributed by atoms with Crippen molar-refractivity contribution in [2.75, 3.05) is 6.54 Å². The number of para-hydroxylation sites is 1. The lowest BCUT2D eigenvalue weighted by Crippen LogP contribution is -2.31. The number of nitrogens with zero attached hydrogens (tertiary/aromatic N) is 3. The molecule has 2 aromatic heterocycles. The molecular weight excluding hydrogens is 276 g/mol. The molecule has 5 nitrogen and oxygen atoms in total. The minimum absolute atomic E-state index is 0.0209. The number of aromatic nitrogens is 3. The molecule has 0 aliphatic carbocycles. The van der Waals surface area contributed by atoms with Gasteiger partial charge in [0.05, 0.1) is 17.9 Å². The summed E-state index contributed by atoms with van der Waals surface area (Å²) in [5.74, 6) is 0.0318. The monoisotopic (exact) mass is 292 g/mol. The summed E-state index contributed by atoms with van der Waals surface area (Å²) < 4.78 is 0. The standard InChI is InChI=1S/C17H16N4O/c22-17(14-10-12-4-1-2-5-13(12)20-14)21-9-3-6-16(21)15-11-18-7-8-19-15/h1-2,4-5,7-8,10-11,16,20H,3,6,9H2/t16-/m1/s1. The third-order valence-corrected chi connectivity index (χ3v) is 4.20. The van der Waals surface area contributed by atoms with Gasteiger partial charge in [0.25, 0.3) is 5.91 Å². The van der Waals surface area contributed by atoms with E-state index in [1.165, 1.54) is 0 Å². The fraction of sp³-hybridized carbons (Fsp3) is 0.235. The number of aromatic amines is 1. The maximum absolute atomic E-state index is 12.8. The Bertz CT molecular complexity index is 779. The molecule has 1 saturated heterocycles. The molecule has 1 aliphatic heterocycles. The number of H-pyrrole nitrogens is 1. The van der Waals surface area contributed by atoms with Crippen molar-refractivity contribution in [3.63, 3.8) is 0 Å². The molecule has 0 bridgehead atoms. The van der Waals surface area contributed by atoms with Gasteiger partial charge in [0.2, 0.25) is 0 Å². The van der Waals surface area contributed by atoms with Crippen molar-refractivity contribution in [2.45, 2.75) is 18.9 Å². The van der Waals surface area contributed by atoms with E-state index < -0.39 is 0 Å². The number of rotatable bonds is 2. The molecule has 1 amide bonds. The number of hydrogen-bond acceptors (Lipinski definition) is 3. The SMILES string of the molecule is O=C(c1cc2ccccc2[nH]1)N1CCC[C@@H]1c1cnccn1. The zero-order chi connectivity index (χ0) is 14.9. The number of nitrogens with one attached hydrogen (secondary N) is 1. The largest absolute Gasteiger partial charge is 0.351 e. The lowest BCUT2D eigenvalue weighted by atomic mass is 10.1. The van der Waals surface area contributed by atoms with Crippen molar-refractivity contribution in [3.05, 3.63) is 60.3 Å². The first-order valence-electron chi connectivity index (χ1n) is 7.47. The predicted molar refractivity (Wildman–Crippen MR) is 83.3 cm³/mol. The van der Waals surface area contributed by atoms with Gasteiger partial charge in [-0.05, 0) is 25.0 Å². The van der Waals surface area contributed by atoms with Gasteiger partial charge in [0.15, 0.2) is 0 Å². The summed E-state index contributed by atoms with van der Waals surface area (Å²) in [5.41, 5.74) is 2.49. The van der Waals surface area contributed by atoms with Crippen molar-refractivity contribution in [2.24, 2.45) is 0 Å². The number of benzene rings is 1. The number of carbonyl (C=O) groups excluding carboxylic acids is 1. The molecule has 110 valence electrons. The molecule has 3 aromatic rings. The summed E-state index contributed by atoms with van der Waals surface area (Å²) in [6, 6.07) is 9.87. The van der Waals surface area contributed by atoms with Crippen molar-refractivity contribution in [1.82, 2.24) is 19.9 Å². The molecule has 1 atom stereocenters. The number of likely N-dealkylation sites (tertiary alicyclic amines) is 1. The summed E-state index contributed by atoms with van der Waals surface area (Å²) in [4.78, 5) is 26.4. The molecular formula is C17H16N4O. The molecule has 1 fully saturated rings. The van der Waals surface area contributed by atoms with Crippen LogP contribution in [0.1, 0.15) is 35.1 Å². The van der Waals surface area contributed by atoms with Crippen molar-refractivity contribution >= 4 is 16.8 Å². The minimum atomic E-state index is 0.0209. The first-order valence-corrected chi connectivity index (χ1v) is 7.47. The van der Waals surface area contributed by atoms with Crippen LogP contribution in [0.2, 0.25) is 0 Å². The van der Waals surface area contributed by atoms with E-state index in [-0.39, 0.29) is 11.9 Å². The third-order valence-electron chi connectivity index (χ3n) is 4.20. The van der Waals surface area contributed by atoms with Crippen LogP contribution >= 0.6 is 0 Å². The molecule has 0 spiro atoms. The van der Waals surface area contributed by atoms with Gasteiger partial charge in [-0.25, -0.2) is 0 Å². The Balaban J connectivity index is 1.66. The van der Waals surface area contributed by atoms with Crippen LogP contribution in [0.25, 0.3) is 10.9 Å². The van der Waals surface area contributed by atoms with Gasteiger partial charge in [-0.3, -0.25) is 14.8 Å². The highest BCUT2D eigenvalue weighted by Gasteiger charge is 2.32. The van der Waals surface area contributed by atoms with Gasteiger partial charge in [-0.15, -0.1) is 0 Å². The average Bonchev–Trinajstić information content (AvgIpc) is 3.21. The number of carbonyl (C=O) groups is 1. The highest BCUT2D eigenvalue weighted by Crippen LogP contribution is 2.31. The van der Waals surface area contributed by atoms with Crippen LogP contribution in [-0.2, 0) is 0 Å². The molecule has 4 rings (SSSR count). The van der Waals surface area contributed by atoms with E-state index in [2.05, 4.69) is 15.0 Å². The van der Waals surface area contributed by atoms with E-state index in [0.717, 1.165) is 36.0 Å². The summed E-state index contributed by atoms with van der Waals surface area (Å²) >= 11 is 0. The van der Waals surface area contributed by atoms with Gasteiger partial charge in [0.1, 0.15) is 5.69 Å². The maximum Gasteiger partial charge on any atom is 0.270 e. The summed E-state index contributed by atoms with van der Waals surface area (Å²) in [6.07, 6.45) is 7.01. The Kier molecular flexibility index (Phi) is 3.11. The maximum atomic E-state index is 12.8. The van der Waals surface area contributed by atoms with Crippen LogP contribution in [-0.4, -0.2) is 32.3 Å². The number of fused-ring (bicyclic) bond motifs is 1. The lowest BCUT2D eigenvalue weighted by molar-refractivity contribution is 0.0727. The molecule has 0 radical (unpaired) electrons. The molecule has 3 heterocycles. The van der Waals surface area contributed by atoms with E-state index in [0.29, 0.717) is 5.69 Å².